The molecule has 2 aromatic rings. The zero-order chi connectivity index (χ0) is 12.4. The highest BCUT2D eigenvalue weighted by Crippen LogP contribution is 2.31. The SMILES string of the molecule is CC(C)n1c(-c2ccccc2)cc(Cl)c1C#N. The Morgan fingerprint density at radius 1 is 1.24 bits per heavy atom. The van der Waals surface area contributed by atoms with Crippen molar-refractivity contribution in [2.24, 2.45) is 0 Å². The molecule has 0 bridgehead atoms. The maximum atomic E-state index is 9.15. The van der Waals surface area contributed by atoms with Crippen LogP contribution >= 0.6 is 11.6 Å². The van der Waals surface area contributed by atoms with Gasteiger partial charge in [-0.25, -0.2) is 0 Å². The second kappa shape index (κ2) is 4.65. The molecule has 0 N–H and O–H groups in total. The van der Waals surface area contributed by atoms with Crippen LogP contribution in [-0.4, -0.2) is 4.57 Å². The van der Waals surface area contributed by atoms with E-state index in [1.165, 1.54) is 0 Å². The molecule has 86 valence electrons. The molecule has 3 heteroatoms. The first-order chi connectivity index (χ1) is 8.15. The Morgan fingerprint density at radius 2 is 1.88 bits per heavy atom. The monoisotopic (exact) mass is 244 g/mol. The number of nitriles is 1. The van der Waals surface area contributed by atoms with Gasteiger partial charge >= 0.3 is 0 Å². The molecule has 2 nitrogen and oxygen atoms in total. The Labute approximate surface area is 106 Å². The van der Waals surface area contributed by atoms with Crippen LogP contribution in [-0.2, 0) is 0 Å². The van der Waals surface area contributed by atoms with Gasteiger partial charge in [0.25, 0.3) is 0 Å². The van der Waals surface area contributed by atoms with Crippen molar-refractivity contribution >= 4 is 11.6 Å². The number of benzene rings is 1. The standard InChI is InChI=1S/C14H13ClN2/c1-10(2)17-13(8-12(15)14(17)9-16)11-6-4-3-5-7-11/h3-8,10H,1-2H3. The molecule has 2 rings (SSSR count). The molecule has 0 radical (unpaired) electrons. The molecule has 0 amide bonds. The van der Waals surface area contributed by atoms with Gasteiger partial charge in [-0.1, -0.05) is 41.9 Å². The zero-order valence-electron chi connectivity index (χ0n) is 9.81. The summed E-state index contributed by atoms with van der Waals surface area (Å²) in [5.41, 5.74) is 2.59. The van der Waals surface area contributed by atoms with Crippen LogP contribution in [0.3, 0.4) is 0 Å². The molecule has 0 saturated carbocycles. The predicted octanol–water partition coefficient (Wildman–Crippen LogP) is 4.26. The van der Waals surface area contributed by atoms with E-state index >= 15 is 0 Å². The Balaban J connectivity index is 2.68. The summed E-state index contributed by atoms with van der Waals surface area (Å²) in [6.45, 7) is 4.09. The van der Waals surface area contributed by atoms with Crippen LogP contribution in [0.1, 0.15) is 25.6 Å². The van der Waals surface area contributed by atoms with E-state index in [9.17, 15) is 0 Å². The summed E-state index contributed by atoms with van der Waals surface area (Å²) in [6.07, 6.45) is 0. The largest absolute Gasteiger partial charge is 0.329 e. The van der Waals surface area contributed by atoms with Crippen LogP contribution in [0.5, 0.6) is 0 Å². The van der Waals surface area contributed by atoms with Gasteiger partial charge in [0.15, 0.2) is 0 Å². The molecule has 0 spiro atoms. The molecule has 0 saturated heterocycles. The summed E-state index contributed by atoms with van der Waals surface area (Å²) in [5.74, 6) is 0. The fourth-order valence-corrected chi connectivity index (χ4v) is 2.21. The van der Waals surface area contributed by atoms with Crippen LogP contribution in [0.4, 0.5) is 0 Å². The highest BCUT2D eigenvalue weighted by molar-refractivity contribution is 6.32. The van der Waals surface area contributed by atoms with Gasteiger partial charge in [-0.2, -0.15) is 5.26 Å². The van der Waals surface area contributed by atoms with Crippen LogP contribution in [0, 0.1) is 11.3 Å². The van der Waals surface area contributed by atoms with E-state index in [1.54, 1.807) is 0 Å². The molecule has 0 fully saturated rings. The lowest BCUT2D eigenvalue weighted by atomic mass is 10.1. The number of hydrogen-bond acceptors (Lipinski definition) is 1. The van der Waals surface area contributed by atoms with E-state index in [-0.39, 0.29) is 6.04 Å². The van der Waals surface area contributed by atoms with Crippen molar-refractivity contribution in [1.82, 2.24) is 4.57 Å². The third kappa shape index (κ3) is 2.07. The van der Waals surface area contributed by atoms with Gasteiger partial charge in [0.1, 0.15) is 11.8 Å². The highest BCUT2D eigenvalue weighted by Gasteiger charge is 2.16. The number of rotatable bonds is 2. The van der Waals surface area contributed by atoms with Crippen molar-refractivity contribution in [2.45, 2.75) is 19.9 Å². The first kappa shape index (κ1) is 11.8. The van der Waals surface area contributed by atoms with Crippen LogP contribution in [0.15, 0.2) is 36.4 Å². The minimum Gasteiger partial charge on any atom is -0.329 e. The number of aromatic nitrogens is 1. The van der Waals surface area contributed by atoms with E-state index in [0.29, 0.717) is 10.7 Å². The Morgan fingerprint density at radius 3 is 2.41 bits per heavy atom. The Kier molecular flexibility index (Phi) is 3.21. The van der Waals surface area contributed by atoms with Crippen molar-refractivity contribution < 1.29 is 0 Å². The van der Waals surface area contributed by atoms with Gasteiger partial charge in [-0.15, -0.1) is 0 Å². The third-order valence-corrected chi connectivity index (χ3v) is 2.97. The lowest BCUT2D eigenvalue weighted by Crippen LogP contribution is -2.05. The maximum absolute atomic E-state index is 9.15. The van der Waals surface area contributed by atoms with Crippen LogP contribution < -0.4 is 0 Å². The average Bonchev–Trinajstić information content (AvgIpc) is 2.67. The minimum absolute atomic E-state index is 0.201. The van der Waals surface area contributed by atoms with Crippen LogP contribution in [0.25, 0.3) is 11.3 Å². The van der Waals surface area contributed by atoms with Crippen molar-refractivity contribution in [3.63, 3.8) is 0 Å². The number of halogens is 1. The molecule has 1 heterocycles. The normalized spacial score (nSPS) is 10.5. The minimum atomic E-state index is 0.201. The highest BCUT2D eigenvalue weighted by atomic mass is 35.5. The van der Waals surface area contributed by atoms with E-state index in [1.807, 2.05) is 54.8 Å². The number of nitrogens with zero attached hydrogens (tertiary/aromatic N) is 2. The first-order valence-electron chi connectivity index (χ1n) is 5.51. The molecule has 0 aliphatic rings. The molecular formula is C14H13ClN2. The summed E-state index contributed by atoms with van der Waals surface area (Å²) >= 11 is 6.10. The summed E-state index contributed by atoms with van der Waals surface area (Å²) in [4.78, 5) is 0. The topological polar surface area (TPSA) is 28.7 Å². The Bertz CT molecular complexity index is 562. The van der Waals surface area contributed by atoms with Crippen molar-refractivity contribution in [3.8, 4) is 17.3 Å². The lowest BCUT2D eigenvalue weighted by Gasteiger charge is -2.14. The summed E-state index contributed by atoms with van der Waals surface area (Å²) in [7, 11) is 0. The van der Waals surface area contributed by atoms with Gasteiger partial charge in [-0.3, -0.25) is 0 Å². The van der Waals surface area contributed by atoms with Crippen molar-refractivity contribution in [3.05, 3.63) is 47.1 Å². The smallest absolute Gasteiger partial charge is 0.139 e. The van der Waals surface area contributed by atoms with Gasteiger partial charge < -0.3 is 4.57 Å². The third-order valence-electron chi connectivity index (χ3n) is 2.68. The average molecular weight is 245 g/mol. The fraction of sp³-hybridized carbons (Fsp3) is 0.214. The maximum Gasteiger partial charge on any atom is 0.139 e. The van der Waals surface area contributed by atoms with Gasteiger partial charge in [0, 0.05) is 6.04 Å². The Hall–Kier alpha value is -1.72. The molecule has 1 aromatic heterocycles. The predicted molar refractivity (Wildman–Crippen MR) is 70.0 cm³/mol. The van der Waals surface area contributed by atoms with E-state index in [0.717, 1.165) is 11.3 Å². The summed E-state index contributed by atoms with van der Waals surface area (Å²) in [6, 6.07) is 14.2. The van der Waals surface area contributed by atoms with E-state index in [2.05, 4.69) is 6.07 Å². The van der Waals surface area contributed by atoms with Crippen molar-refractivity contribution in [2.75, 3.05) is 0 Å². The van der Waals surface area contributed by atoms with Crippen LogP contribution in [0.2, 0.25) is 5.02 Å². The molecule has 0 aliphatic heterocycles. The molecule has 0 aliphatic carbocycles. The van der Waals surface area contributed by atoms with Gasteiger partial charge in [0.2, 0.25) is 0 Å². The van der Waals surface area contributed by atoms with Gasteiger partial charge in [-0.05, 0) is 25.5 Å². The van der Waals surface area contributed by atoms with E-state index in [4.69, 9.17) is 16.9 Å². The molecule has 0 unspecified atom stereocenters. The molecule has 0 atom stereocenters. The number of hydrogen-bond donors (Lipinski definition) is 0. The lowest BCUT2D eigenvalue weighted by molar-refractivity contribution is 0.603. The zero-order valence-corrected chi connectivity index (χ0v) is 10.6. The molecule has 1 aromatic carbocycles. The van der Waals surface area contributed by atoms with Gasteiger partial charge in [0.05, 0.1) is 10.7 Å². The second-order valence-corrected chi connectivity index (χ2v) is 4.57. The molecule has 17 heavy (non-hydrogen) atoms. The summed E-state index contributed by atoms with van der Waals surface area (Å²) in [5, 5.41) is 9.67. The first-order valence-corrected chi connectivity index (χ1v) is 5.89. The quantitative estimate of drug-likeness (QED) is 0.776. The van der Waals surface area contributed by atoms with Crippen molar-refractivity contribution in [1.29, 1.82) is 5.26 Å². The van der Waals surface area contributed by atoms with E-state index < -0.39 is 0 Å². The second-order valence-electron chi connectivity index (χ2n) is 4.17. The summed E-state index contributed by atoms with van der Waals surface area (Å²) < 4.78 is 1.97. The fourth-order valence-electron chi connectivity index (χ4n) is 1.97. The molecular weight excluding hydrogens is 232 g/mol.